The van der Waals surface area contributed by atoms with Crippen molar-refractivity contribution in [2.45, 2.75) is 53.4 Å². The maximum Gasteiger partial charge on any atom is 0.338 e. The van der Waals surface area contributed by atoms with Crippen molar-refractivity contribution in [1.82, 2.24) is 4.57 Å². The molecule has 0 radical (unpaired) electrons. The molecule has 1 atom stereocenters. The summed E-state index contributed by atoms with van der Waals surface area (Å²) in [5, 5.41) is 0.338. The maximum atomic E-state index is 14.2. The molecule has 47 heavy (non-hydrogen) atoms. The van der Waals surface area contributed by atoms with Crippen molar-refractivity contribution >= 4 is 35.0 Å². The third-order valence-electron chi connectivity index (χ3n) is 7.40. The van der Waals surface area contributed by atoms with Gasteiger partial charge >= 0.3 is 5.97 Å². The molecule has 0 N–H and O–H groups in total. The van der Waals surface area contributed by atoms with E-state index in [1.807, 2.05) is 51.1 Å². The van der Waals surface area contributed by atoms with Crippen LogP contribution in [-0.2, 0) is 16.1 Å². The van der Waals surface area contributed by atoms with Crippen LogP contribution in [0.25, 0.3) is 6.08 Å². The Hall–Kier alpha value is -4.54. The second kappa shape index (κ2) is 14.5. The summed E-state index contributed by atoms with van der Waals surface area (Å²) in [7, 11) is 3.08. The molecule has 0 aliphatic carbocycles. The second-order valence-corrected chi connectivity index (χ2v) is 12.6. The number of carbonyl (C=O) groups excluding carboxylic acids is 1. The lowest BCUT2D eigenvalue weighted by Crippen LogP contribution is -2.40. The Morgan fingerprint density at radius 3 is 2.49 bits per heavy atom. The quantitative estimate of drug-likeness (QED) is 0.176. The Bertz CT molecular complexity index is 2030. The molecule has 246 valence electrons. The van der Waals surface area contributed by atoms with Crippen molar-refractivity contribution in [2.75, 3.05) is 20.8 Å². The van der Waals surface area contributed by atoms with Crippen molar-refractivity contribution in [3.63, 3.8) is 0 Å². The van der Waals surface area contributed by atoms with E-state index in [-0.39, 0.29) is 23.8 Å². The van der Waals surface area contributed by atoms with E-state index in [0.29, 0.717) is 60.8 Å². The Labute approximate surface area is 282 Å². The van der Waals surface area contributed by atoms with E-state index in [1.165, 1.54) is 23.0 Å². The number of benzene rings is 3. The van der Waals surface area contributed by atoms with E-state index >= 15 is 0 Å². The Morgan fingerprint density at radius 1 is 1.04 bits per heavy atom. The van der Waals surface area contributed by atoms with Crippen LogP contribution in [0.3, 0.4) is 0 Å². The molecule has 0 unspecified atom stereocenters. The van der Waals surface area contributed by atoms with Crippen molar-refractivity contribution in [3.05, 3.63) is 113 Å². The lowest BCUT2D eigenvalue weighted by atomic mass is 9.95. The highest BCUT2D eigenvalue weighted by Gasteiger charge is 2.34. The highest BCUT2D eigenvalue weighted by Crippen LogP contribution is 2.38. The van der Waals surface area contributed by atoms with Gasteiger partial charge in [0.05, 0.1) is 53.8 Å². The summed E-state index contributed by atoms with van der Waals surface area (Å²) in [5.41, 5.74) is 3.80. The fraction of sp³-hybridized carbons (Fsp3) is 0.306. The van der Waals surface area contributed by atoms with Crippen LogP contribution in [0.4, 0.5) is 0 Å². The predicted molar refractivity (Wildman–Crippen MR) is 183 cm³/mol. The Balaban J connectivity index is 1.60. The van der Waals surface area contributed by atoms with Crippen molar-refractivity contribution in [2.24, 2.45) is 4.99 Å². The smallest absolute Gasteiger partial charge is 0.338 e. The third-order valence-corrected chi connectivity index (χ3v) is 8.66. The number of thiazole rings is 1. The van der Waals surface area contributed by atoms with Crippen LogP contribution in [0.5, 0.6) is 23.0 Å². The number of methoxy groups -OCH3 is 2. The van der Waals surface area contributed by atoms with Gasteiger partial charge in [0.2, 0.25) is 0 Å². The van der Waals surface area contributed by atoms with Crippen LogP contribution in [0.2, 0.25) is 5.02 Å². The number of carbonyl (C=O) groups is 1. The zero-order chi connectivity index (χ0) is 33.8. The van der Waals surface area contributed by atoms with Crippen LogP contribution >= 0.6 is 22.9 Å². The number of allylic oxidation sites excluding steroid dienone is 1. The van der Waals surface area contributed by atoms with Crippen molar-refractivity contribution < 1.29 is 28.5 Å². The molecule has 4 aromatic rings. The molecule has 0 bridgehead atoms. The normalized spacial score (nSPS) is 14.5. The molecule has 0 fully saturated rings. The third kappa shape index (κ3) is 7.24. The molecule has 0 saturated heterocycles. The summed E-state index contributed by atoms with van der Waals surface area (Å²) in [4.78, 5) is 32.6. The second-order valence-electron chi connectivity index (χ2n) is 11.2. The first-order chi connectivity index (χ1) is 22.5. The van der Waals surface area contributed by atoms with Crippen LogP contribution in [-0.4, -0.2) is 37.5 Å². The van der Waals surface area contributed by atoms with E-state index in [1.54, 1.807) is 51.3 Å². The van der Waals surface area contributed by atoms with Gasteiger partial charge in [0.1, 0.15) is 6.61 Å². The van der Waals surface area contributed by atoms with Gasteiger partial charge in [-0.25, -0.2) is 9.79 Å². The Kier molecular flexibility index (Phi) is 10.4. The topological polar surface area (TPSA) is 97.6 Å². The van der Waals surface area contributed by atoms with Crippen LogP contribution in [0.15, 0.2) is 75.7 Å². The molecule has 9 nitrogen and oxygen atoms in total. The summed E-state index contributed by atoms with van der Waals surface area (Å²) < 4.78 is 30.6. The number of halogens is 1. The number of aromatic nitrogens is 1. The molecule has 5 rings (SSSR count). The van der Waals surface area contributed by atoms with Crippen LogP contribution in [0.1, 0.15) is 56.0 Å². The lowest BCUT2D eigenvalue weighted by molar-refractivity contribution is -0.139. The van der Waals surface area contributed by atoms with Gasteiger partial charge in [-0.3, -0.25) is 9.36 Å². The molecule has 0 amide bonds. The number of hydrogen-bond donors (Lipinski definition) is 0. The van der Waals surface area contributed by atoms with Gasteiger partial charge in [-0.15, -0.1) is 0 Å². The molecular weight excluding hydrogens is 640 g/mol. The fourth-order valence-electron chi connectivity index (χ4n) is 5.38. The molecule has 2 heterocycles. The fourth-order valence-corrected chi connectivity index (χ4v) is 6.70. The van der Waals surface area contributed by atoms with Crippen molar-refractivity contribution in [3.8, 4) is 23.0 Å². The average molecular weight is 677 g/mol. The van der Waals surface area contributed by atoms with Crippen molar-refractivity contribution in [1.29, 1.82) is 0 Å². The standard InChI is InChI=1S/C36H37ClN2O7S/c1-8-44-35(41)31-22(5)38-36-39(32(31)25-12-13-27(46-20(2)3)28(18-25)42-6)34(40)30(47-36)17-24-15-26(37)33(29(16-24)43-7)45-19-23-11-9-10-21(4)14-23/h9-18,20,32H,8,19H2,1-7H3/b30-17-/t32-/m0/s1. The van der Waals surface area contributed by atoms with Gasteiger partial charge in [0, 0.05) is 0 Å². The predicted octanol–water partition coefficient (Wildman–Crippen LogP) is 6.14. The zero-order valence-corrected chi connectivity index (χ0v) is 29.0. The SMILES string of the molecule is CCOC(=O)C1=C(C)N=c2s/c(=C\c3cc(Cl)c(OCc4cccc(C)c4)c(OC)c3)c(=O)n2[C@H]1c1ccc(OC(C)C)c(OC)c1. The molecule has 3 aromatic carbocycles. The number of nitrogens with zero attached hydrogens (tertiary/aromatic N) is 2. The van der Waals surface area contributed by atoms with Gasteiger partial charge in [0.15, 0.2) is 27.8 Å². The van der Waals surface area contributed by atoms with E-state index in [4.69, 9.17) is 35.3 Å². The minimum atomic E-state index is -0.815. The number of esters is 1. The lowest BCUT2D eigenvalue weighted by Gasteiger charge is -2.25. The first-order valence-electron chi connectivity index (χ1n) is 15.1. The maximum absolute atomic E-state index is 14.2. The highest BCUT2D eigenvalue weighted by molar-refractivity contribution is 7.07. The molecule has 0 spiro atoms. The largest absolute Gasteiger partial charge is 0.493 e. The number of aryl methyl sites for hydroxylation is 1. The molecule has 11 heteroatoms. The van der Waals surface area contributed by atoms with E-state index in [9.17, 15) is 9.59 Å². The molecule has 1 aromatic heterocycles. The van der Waals surface area contributed by atoms with Gasteiger partial charge in [0.25, 0.3) is 5.56 Å². The first-order valence-corrected chi connectivity index (χ1v) is 16.3. The van der Waals surface area contributed by atoms with Gasteiger partial charge in [-0.2, -0.15) is 0 Å². The summed E-state index contributed by atoms with van der Waals surface area (Å²) >= 11 is 7.90. The van der Waals surface area contributed by atoms with Crippen LogP contribution in [0, 0.1) is 6.92 Å². The molecular formula is C36H37ClN2O7S. The number of hydrogen-bond acceptors (Lipinski definition) is 9. The minimum absolute atomic E-state index is 0.0782. The van der Waals surface area contributed by atoms with E-state index in [2.05, 4.69) is 4.99 Å². The summed E-state index contributed by atoms with van der Waals surface area (Å²) in [6.45, 7) is 9.82. The summed E-state index contributed by atoms with van der Waals surface area (Å²) in [6.07, 6.45) is 1.65. The summed E-state index contributed by atoms with van der Waals surface area (Å²) in [5.74, 6) is 1.31. The highest BCUT2D eigenvalue weighted by atomic mass is 35.5. The van der Waals surface area contributed by atoms with E-state index < -0.39 is 12.0 Å². The number of rotatable bonds is 11. The Morgan fingerprint density at radius 2 is 1.81 bits per heavy atom. The molecule has 0 saturated carbocycles. The summed E-state index contributed by atoms with van der Waals surface area (Å²) in [6, 6.07) is 16.1. The zero-order valence-electron chi connectivity index (χ0n) is 27.4. The first kappa shape index (κ1) is 33.8. The van der Waals surface area contributed by atoms with Gasteiger partial charge < -0.3 is 23.7 Å². The molecule has 1 aliphatic heterocycles. The van der Waals surface area contributed by atoms with Gasteiger partial charge in [-0.05, 0) is 81.7 Å². The minimum Gasteiger partial charge on any atom is -0.493 e. The average Bonchev–Trinajstić information content (AvgIpc) is 3.33. The van der Waals surface area contributed by atoms with Gasteiger partial charge in [-0.1, -0.05) is 58.8 Å². The van der Waals surface area contributed by atoms with Crippen LogP contribution < -0.4 is 33.8 Å². The molecule has 1 aliphatic rings. The monoisotopic (exact) mass is 676 g/mol. The van der Waals surface area contributed by atoms with E-state index in [0.717, 1.165) is 11.1 Å². The number of fused-ring (bicyclic) bond motifs is 1. The number of ether oxygens (including phenoxy) is 5.